The summed E-state index contributed by atoms with van der Waals surface area (Å²) in [6.07, 6.45) is 18.1. The van der Waals surface area contributed by atoms with Crippen molar-refractivity contribution in [3.05, 3.63) is 30.1 Å². The highest BCUT2D eigenvalue weighted by molar-refractivity contribution is 5.07. The average molecular weight is 370 g/mol. The fourth-order valence-corrected chi connectivity index (χ4v) is 2.92. The van der Waals surface area contributed by atoms with Crippen LogP contribution in [0.2, 0.25) is 0 Å². The number of halogens is 1. The first-order chi connectivity index (χ1) is 10.3. The van der Waals surface area contributed by atoms with Gasteiger partial charge in [0.1, 0.15) is 6.54 Å². The molecule has 0 bridgehead atoms. The molecule has 0 aromatic carbocycles. The van der Waals surface area contributed by atoms with Gasteiger partial charge in [0.05, 0.1) is 0 Å². The van der Waals surface area contributed by atoms with Gasteiger partial charge in [0, 0.05) is 18.6 Å². The first-order valence-corrected chi connectivity index (χ1v) is 9.24. The van der Waals surface area contributed by atoms with E-state index in [1.54, 1.807) is 0 Å². The maximum Gasteiger partial charge on any atom is 0.169 e. The Bertz CT molecular complexity index is 347. The van der Waals surface area contributed by atoms with Crippen molar-refractivity contribution in [1.29, 1.82) is 0 Å². The quantitative estimate of drug-likeness (QED) is 0.394. The zero-order chi connectivity index (χ0) is 15.3. The van der Waals surface area contributed by atoms with Crippen LogP contribution in [0.5, 0.6) is 0 Å². The van der Waals surface area contributed by atoms with E-state index in [1.807, 2.05) is 0 Å². The smallest absolute Gasteiger partial charge is 0.169 e. The predicted octanol–water partition coefficient (Wildman–Crippen LogP) is 2.71. The number of aromatic nitrogens is 1. The molecule has 1 atom stereocenters. The highest BCUT2D eigenvalue weighted by Gasteiger charge is 2.06. The summed E-state index contributed by atoms with van der Waals surface area (Å²) in [7, 11) is 0. The summed E-state index contributed by atoms with van der Waals surface area (Å²) in [5, 5.41) is 0. The molecule has 1 aromatic rings. The summed E-state index contributed by atoms with van der Waals surface area (Å²) in [4.78, 5) is 0. The summed E-state index contributed by atoms with van der Waals surface area (Å²) in [6, 6.07) is 4.64. The van der Waals surface area contributed by atoms with Crippen LogP contribution in [0.1, 0.15) is 84.1 Å². The summed E-state index contributed by atoms with van der Waals surface area (Å²) in [5.74, 6) is 0.822. The van der Waals surface area contributed by atoms with Gasteiger partial charge >= 0.3 is 0 Å². The van der Waals surface area contributed by atoms with E-state index in [1.165, 1.54) is 76.3 Å². The molecule has 1 unspecified atom stereocenters. The van der Waals surface area contributed by atoms with Crippen LogP contribution >= 0.6 is 0 Å². The number of rotatable bonds is 12. The van der Waals surface area contributed by atoms with Gasteiger partial charge in [0.25, 0.3) is 0 Å². The average Bonchev–Trinajstić information content (AvgIpc) is 2.50. The zero-order valence-corrected chi connectivity index (χ0v) is 16.6. The van der Waals surface area contributed by atoms with Gasteiger partial charge in [-0.3, -0.25) is 0 Å². The maximum atomic E-state index is 2.40. The number of hydrogen-bond acceptors (Lipinski definition) is 0. The summed E-state index contributed by atoms with van der Waals surface area (Å²) < 4.78 is 2.34. The van der Waals surface area contributed by atoms with Gasteiger partial charge < -0.3 is 17.0 Å². The van der Waals surface area contributed by atoms with E-state index in [9.17, 15) is 0 Å². The van der Waals surface area contributed by atoms with Crippen LogP contribution in [-0.4, -0.2) is 0 Å². The molecule has 0 saturated carbocycles. The lowest BCUT2D eigenvalue weighted by atomic mass is 9.96. The van der Waals surface area contributed by atoms with Gasteiger partial charge in [-0.05, 0) is 24.3 Å². The molecule has 0 aliphatic rings. The van der Waals surface area contributed by atoms with Gasteiger partial charge in [-0.25, -0.2) is 4.57 Å². The second-order valence-electron chi connectivity index (χ2n) is 6.66. The van der Waals surface area contributed by atoms with E-state index < -0.39 is 0 Å². The first-order valence-electron chi connectivity index (χ1n) is 9.24. The molecule has 0 saturated heterocycles. The Kier molecular flexibility index (Phi) is 14.0. The molecular weight excluding hydrogens is 334 g/mol. The van der Waals surface area contributed by atoms with E-state index in [4.69, 9.17) is 0 Å². The fraction of sp³-hybridized carbons (Fsp3) is 0.750. The molecule has 0 amide bonds. The van der Waals surface area contributed by atoms with Gasteiger partial charge in [0.2, 0.25) is 0 Å². The monoisotopic (exact) mass is 369 g/mol. The predicted molar refractivity (Wildman–Crippen MR) is 92.4 cm³/mol. The van der Waals surface area contributed by atoms with Crippen LogP contribution in [0.15, 0.2) is 24.5 Å². The number of pyridine rings is 1. The lowest BCUT2D eigenvalue weighted by Crippen LogP contribution is -3.00. The largest absolute Gasteiger partial charge is 1.00 e. The first kappa shape index (κ1) is 21.6. The van der Waals surface area contributed by atoms with Gasteiger partial charge in [-0.2, -0.15) is 0 Å². The van der Waals surface area contributed by atoms with Crippen molar-refractivity contribution in [2.75, 3.05) is 0 Å². The number of unbranched alkanes of at least 4 members (excludes halogenated alkanes) is 6. The Balaban J connectivity index is 0.00000441. The van der Waals surface area contributed by atoms with Crippen LogP contribution < -0.4 is 21.5 Å². The third-order valence-electron chi connectivity index (χ3n) is 4.36. The van der Waals surface area contributed by atoms with E-state index in [2.05, 4.69) is 49.9 Å². The van der Waals surface area contributed by atoms with Crippen LogP contribution in [0, 0.1) is 5.92 Å². The molecule has 0 radical (unpaired) electrons. The highest BCUT2D eigenvalue weighted by atomic mass is 79.9. The Morgan fingerprint density at radius 1 is 0.864 bits per heavy atom. The molecular formula is C20H36BrN. The van der Waals surface area contributed by atoms with E-state index >= 15 is 0 Å². The van der Waals surface area contributed by atoms with Crippen LogP contribution in [0.4, 0.5) is 0 Å². The Labute approximate surface area is 149 Å². The van der Waals surface area contributed by atoms with Crippen molar-refractivity contribution in [3.63, 3.8) is 0 Å². The minimum atomic E-state index is 0. The van der Waals surface area contributed by atoms with Crippen LogP contribution in [0.25, 0.3) is 0 Å². The number of nitrogens with zero attached hydrogens (tertiary/aromatic N) is 1. The van der Waals surface area contributed by atoms with Gasteiger partial charge in [-0.1, -0.05) is 65.7 Å². The van der Waals surface area contributed by atoms with Crippen molar-refractivity contribution in [2.24, 2.45) is 5.92 Å². The SMILES string of the molecule is CCCCCCC(C)Cc1cc[n+](CCCCCC)cc1.[Br-]. The van der Waals surface area contributed by atoms with Gasteiger partial charge in [-0.15, -0.1) is 0 Å². The molecule has 0 N–H and O–H groups in total. The lowest BCUT2D eigenvalue weighted by Gasteiger charge is -2.10. The molecule has 1 nitrogen and oxygen atoms in total. The standard InChI is InChI=1S/C20H36N.BrH/c1-4-6-8-10-12-19(3)18-20-13-16-21(17-14-20)15-11-9-7-5-2;/h13-14,16-17,19H,4-12,15,18H2,1-3H3;1H/q+1;/p-1. The highest BCUT2D eigenvalue weighted by Crippen LogP contribution is 2.15. The normalized spacial score (nSPS) is 12.0. The maximum absolute atomic E-state index is 2.40. The summed E-state index contributed by atoms with van der Waals surface area (Å²) in [5.41, 5.74) is 1.50. The Morgan fingerprint density at radius 2 is 1.45 bits per heavy atom. The topological polar surface area (TPSA) is 3.88 Å². The fourth-order valence-electron chi connectivity index (χ4n) is 2.92. The van der Waals surface area contributed by atoms with Crippen molar-refractivity contribution < 1.29 is 21.5 Å². The third-order valence-corrected chi connectivity index (χ3v) is 4.36. The molecule has 0 aliphatic carbocycles. The molecule has 0 aliphatic heterocycles. The van der Waals surface area contributed by atoms with Crippen molar-refractivity contribution in [2.45, 2.75) is 91.5 Å². The van der Waals surface area contributed by atoms with Crippen LogP contribution in [-0.2, 0) is 13.0 Å². The molecule has 0 fully saturated rings. The molecule has 128 valence electrons. The minimum absolute atomic E-state index is 0. The Hall–Kier alpha value is -0.370. The molecule has 1 rings (SSSR count). The van der Waals surface area contributed by atoms with E-state index in [0.717, 1.165) is 5.92 Å². The molecule has 2 heteroatoms. The summed E-state index contributed by atoms with van der Waals surface area (Å²) in [6.45, 7) is 8.13. The molecule has 0 spiro atoms. The zero-order valence-electron chi connectivity index (χ0n) is 15.0. The van der Waals surface area contributed by atoms with E-state index in [0.29, 0.717) is 0 Å². The molecule has 1 aromatic heterocycles. The third kappa shape index (κ3) is 10.4. The summed E-state index contributed by atoms with van der Waals surface area (Å²) >= 11 is 0. The van der Waals surface area contributed by atoms with E-state index in [-0.39, 0.29) is 17.0 Å². The van der Waals surface area contributed by atoms with Crippen molar-refractivity contribution in [1.82, 2.24) is 0 Å². The number of aryl methyl sites for hydroxylation is 1. The van der Waals surface area contributed by atoms with Gasteiger partial charge in [0.15, 0.2) is 12.4 Å². The molecule has 1 heterocycles. The van der Waals surface area contributed by atoms with Crippen LogP contribution in [0.3, 0.4) is 0 Å². The minimum Gasteiger partial charge on any atom is -1.00 e. The Morgan fingerprint density at radius 3 is 2.05 bits per heavy atom. The second kappa shape index (κ2) is 14.2. The van der Waals surface area contributed by atoms with Crippen molar-refractivity contribution in [3.8, 4) is 0 Å². The molecule has 22 heavy (non-hydrogen) atoms. The lowest BCUT2D eigenvalue weighted by molar-refractivity contribution is -0.697. The second-order valence-corrected chi connectivity index (χ2v) is 6.66. The number of hydrogen-bond donors (Lipinski definition) is 0. The van der Waals surface area contributed by atoms with Crippen molar-refractivity contribution >= 4 is 0 Å².